The Morgan fingerprint density at radius 3 is 2.36 bits per heavy atom. The fraction of sp³-hybridized carbons (Fsp3) is 0.176. The van der Waals surface area contributed by atoms with Gasteiger partial charge in [0.15, 0.2) is 6.61 Å². The van der Waals surface area contributed by atoms with Crippen molar-refractivity contribution in [2.24, 2.45) is 0 Å². The van der Waals surface area contributed by atoms with Crippen molar-refractivity contribution < 1.29 is 13.5 Å². The van der Waals surface area contributed by atoms with Gasteiger partial charge in [0.05, 0.1) is 0 Å². The molecule has 0 radical (unpaired) electrons. The molecule has 0 spiro atoms. The Bertz CT molecular complexity index is 761. The lowest BCUT2D eigenvalue weighted by atomic mass is 10.1. The van der Waals surface area contributed by atoms with E-state index in [9.17, 15) is 4.39 Å². The van der Waals surface area contributed by atoms with Crippen LogP contribution in [0.2, 0.25) is 0 Å². The molecule has 0 saturated carbocycles. The lowest BCUT2D eigenvalue weighted by Crippen LogP contribution is -1.99. The maximum Gasteiger partial charge on any atom is 0.254 e. The molecule has 2 aromatic carbocycles. The molecule has 1 heterocycles. The second-order valence-corrected chi connectivity index (χ2v) is 5.02. The molecule has 0 atom stereocenters. The summed E-state index contributed by atoms with van der Waals surface area (Å²) in [5, 5.41) is 7.91. The SMILES string of the molecule is Cc1cccc(C)c1OCc1nnc(-c2ccc(F)cc2)o1. The highest BCUT2D eigenvalue weighted by molar-refractivity contribution is 5.51. The average molecular weight is 298 g/mol. The molecule has 0 unspecified atom stereocenters. The highest BCUT2D eigenvalue weighted by atomic mass is 19.1. The van der Waals surface area contributed by atoms with Crippen LogP contribution >= 0.6 is 0 Å². The van der Waals surface area contributed by atoms with Crippen LogP contribution in [0.25, 0.3) is 11.5 Å². The van der Waals surface area contributed by atoms with Crippen LogP contribution in [0.4, 0.5) is 4.39 Å². The van der Waals surface area contributed by atoms with Crippen LogP contribution in [0.5, 0.6) is 5.75 Å². The summed E-state index contributed by atoms with van der Waals surface area (Å²) in [6.07, 6.45) is 0. The van der Waals surface area contributed by atoms with Gasteiger partial charge in [-0.05, 0) is 49.2 Å². The van der Waals surface area contributed by atoms with Crippen molar-refractivity contribution in [1.82, 2.24) is 10.2 Å². The fourth-order valence-electron chi connectivity index (χ4n) is 2.18. The molecule has 5 heteroatoms. The van der Waals surface area contributed by atoms with Gasteiger partial charge >= 0.3 is 0 Å². The second kappa shape index (κ2) is 5.97. The zero-order valence-electron chi connectivity index (χ0n) is 12.3. The number of halogens is 1. The number of aromatic nitrogens is 2. The van der Waals surface area contributed by atoms with E-state index < -0.39 is 0 Å². The van der Waals surface area contributed by atoms with Crippen molar-refractivity contribution in [2.75, 3.05) is 0 Å². The third-order valence-electron chi connectivity index (χ3n) is 3.31. The molecule has 0 aliphatic rings. The molecular formula is C17H15FN2O2. The van der Waals surface area contributed by atoms with Gasteiger partial charge in [-0.2, -0.15) is 0 Å². The Morgan fingerprint density at radius 2 is 1.68 bits per heavy atom. The summed E-state index contributed by atoms with van der Waals surface area (Å²) in [7, 11) is 0. The maximum atomic E-state index is 12.9. The van der Waals surface area contributed by atoms with Crippen molar-refractivity contribution in [3.05, 3.63) is 65.3 Å². The van der Waals surface area contributed by atoms with Crippen LogP contribution in [0.1, 0.15) is 17.0 Å². The first-order chi connectivity index (χ1) is 10.6. The Balaban J connectivity index is 1.73. The predicted octanol–water partition coefficient (Wildman–Crippen LogP) is 4.07. The number of benzene rings is 2. The standard InChI is InChI=1S/C17H15FN2O2/c1-11-4-3-5-12(2)16(11)21-10-15-19-20-17(22-15)13-6-8-14(18)9-7-13/h3-9H,10H2,1-2H3. The molecule has 0 bridgehead atoms. The van der Waals surface area contributed by atoms with E-state index in [1.54, 1.807) is 12.1 Å². The van der Waals surface area contributed by atoms with Crippen molar-refractivity contribution in [3.63, 3.8) is 0 Å². The lowest BCUT2D eigenvalue weighted by molar-refractivity contribution is 0.261. The Labute approximate surface area is 127 Å². The van der Waals surface area contributed by atoms with Gasteiger partial charge in [0.2, 0.25) is 5.89 Å². The molecule has 0 saturated heterocycles. The van der Waals surface area contributed by atoms with E-state index in [0.717, 1.165) is 16.9 Å². The van der Waals surface area contributed by atoms with Gasteiger partial charge in [-0.15, -0.1) is 10.2 Å². The molecule has 0 fully saturated rings. The monoisotopic (exact) mass is 298 g/mol. The molecule has 3 rings (SSSR count). The van der Waals surface area contributed by atoms with Gasteiger partial charge in [-0.3, -0.25) is 0 Å². The Morgan fingerprint density at radius 1 is 1.00 bits per heavy atom. The molecule has 0 amide bonds. The molecule has 0 N–H and O–H groups in total. The van der Waals surface area contributed by atoms with Gasteiger partial charge in [0.25, 0.3) is 5.89 Å². The summed E-state index contributed by atoms with van der Waals surface area (Å²) < 4.78 is 24.2. The van der Waals surface area contributed by atoms with Crippen LogP contribution in [0, 0.1) is 19.7 Å². The Kier molecular flexibility index (Phi) is 3.87. The molecule has 3 aromatic rings. The zero-order valence-corrected chi connectivity index (χ0v) is 12.3. The predicted molar refractivity (Wildman–Crippen MR) is 79.9 cm³/mol. The number of aryl methyl sites for hydroxylation is 2. The number of rotatable bonds is 4. The van der Waals surface area contributed by atoms with Gasteiger partial charge in [-0.25, -0.2) is 4.39 Å². The molecule has 1 aromatic heterocycles. The number of hydrogen-bond acceptors (Lipinski definition) is 4. The van der Waals surface area contributed by atoms with E-state index in [1.807, 2.05) is 32.0 Å². The number of nitrogens with zero attached hydrogens (tertiary/aromatic N) is 2. The van der Waals surface area contributed by atoms with E-state index in [-0.39, 0.29) is 12.4 Å². The number of ether oxygens (including phenoxy) is 1. The first kappa shape index (κ1) is 14.3. The minimum absolute atomic E-state index is 0.194. The summed E-state index contributed by atoms with van der Waals surface area (Å²) >= 11 is 0. The van der Waals surface area contributed by atoms with Gasteiger partial charge in [0.1, 0.15) is 11.6 Å². The average Bonchev–Trinajstić information content (AvgIpc) is 2.96. The fourth-order valence-corrected chi connectivity index (χ4v) is 2.18. The number of hydrogen-bond donors (Lipinski definition) is 0. The highest BCUT2D eigenvalue weighted by Crippen LogP contribution is 2.24. The van der Waals surface area contributed by atoms with Gasteiger partial charge in [-0.1, -0.05) is 18.2 Å². The molecule has 0 aliphatic heterocycles. The summed E-state index contributed by atoms with van der Waals surface area (Å²) in [5.74, 6) is 1.24. The second-order valence-electron chi connectivity index (χ2n) is 5.02. The topological polar surface area (TPSA) is 48.2 Å². The van der Waals surface area contributed by atoms with Crippen molar-refractivity contribution in [1.29, 1.82) is 0 Å². The van der Waals surface area contributed by atoms with E-state index in [2.05, 4.69) is 10.2 Å². The van der Waals surface area contributed by atoms with E-state index in [4.69, 9.17) is 9.15 Å². The van der Waals surface area contributed by atoms with Crippen LogP contribution < -0.4 is 4.74 Å². The molecular weight excluding hydrogens is 283 g/mol. The van der Waals surface area contributed by atoms with Crippen LogP contribution in [-0.4, -0.2) is 10.2 Å². The number of para-hydroxylation sites is 1. The summed E-state index contributed by atoms with van der Waals surface area (Å²) in [6, 6.07) is 11.9. The highest BCUT2D eigenvalue weighted by Gasteiger charge is 2.10. The van der Waals surface area contributed by atoms with Crippen molar-refractivity contribution in [2.45, 2.75) is 20.5 Å². The largest absolute Gasteiger partial charge is 0.483 e. The third-order valence-corrected chi connectivity index (χ3v) is 3.31. The molecule has 112 valence electrons. The minimum Gasteiger partial charge on any atom is -0.483 e. The van der Waals surface area contributed by atoms with E-state index in [1.165, 1.54) is 12.1 Å². The smallest absolute Gasteiger partial charge is 0.254 e. The summed E-state index contributed by atoms with van der Waals surface area (Å²) in [5.41, 5.74) is 2.78. The molecule has 22 heavy (non-hydrogen) atoms. The Hall–Kier alpha value is -2.69. The van der Waals surface area contributed by atoms with Crippen LogP contribution in [-0.2, 0) is 6.61 Å². The van der Waals surface area contributed by atoms with Crippen LogP contribution in [0.15, 0.2) is 46.9 Å². The minimum atomic E-state index is -0.304. The van der Waals surface area contributed by atoms with Crippen molar-refractivity contribution >= 4 is 0 Å². The zero-order chi connectivity index (χ0) is 15.5. The maximum absolute atomic E-state index is 12.9. The molecule has 0 aliphatic carbocycles. The van der Waals surface area contributed by atoms with Gasteiger partial charge in [0, 0.05) is 5.56 Å². The van der Waals surface area contributed by atoms with E-state index in [0.29, 0.717) is 17.3 Å². The van der Waals surface area contributed by atoms with Gasteiger partial charge < -0.3 is 9.15 Å². The first-order valence-electron chi connectivity index (χ1n) is 6.91. The van der Waals surface area contributed by atoms with Crippen molar-refractivity contribution in [3.8, 4) is 17.2 Å². The third kappa shape index (κ3) is 2.98. The normalized spacial score (nSPS) is 10.7. The lowest BCUT2D eigenvalue weighted by Gasteiger charge is -2.09. The first-order valence-corrected chi connectivity index (χ1v) is 6.91. The van der Waals surface area contributed by atoms with E-state index >= 15 is 0 Å². The molecule has 4 nitrogen and oxygen atoms in total. The summed E-state index contributed by atoms with van der Waals surface area (Å²) in [4.78, 5) is 0. The van der Waals surface area contributed by atoms with Crippen LogP contribution in [0.3, 0.4) is 0 Å². The quantitative estimate of drug-likeness (QED) is 0.728. The summed E-state index contributed by atoms with van der Waals surface area (Å²) in [6.45, 7) is 4.17.